The highest BCUT2D eigenvalue weighted by Crippen LogP contribution is 2.10. The Bertz CT molecular complexity index is 219. The topological polar surface area (TPSA) is 49.8 Å². The number of ketones is 1. The number of rotatable bonds is 4. The molecule has 0 aromatic rings. The van der Waals surface area contributed by atoms with Gasteiger partial charge in [0.25, 0.3) is 0 Å². The molecule has 1 saturated heterocycles. The van der Waals surface area contributed by atoms with Gasteiger partial charge < -0.3 is 9.84 Å². The number of carbonyl (C=O) groups is 1. The van der Waals surface area contributed by atoms with E-state index in [4.69, 9.17) is 4.74 Å². The molecule has 0 aromatic carbocycles. The average Bonchev–Trinajstić information content (AvgIpc) is 2.17. The van der Waals surface area contributed by atoms with Crippen LogP contribution in [-0.4, -0.2) is 54.2 Å². The van der Waals surface area contributed by atoms with Crippen LogP contribution in [0.25, 0.3) is 0 Å². The van der Waals surface area contributed by atoms with Gasteiger partial charge in [0.2, 0.25) is 0 Å². The summed E-state index contributed by atoms with van der Waals surface area (Å²) in [5.74, 6) is -0.330. The van der Waals surface area contributed by atoms with Crippen LogP contribution in [0, 0.1) is 0 Å². The lowest BCUT2D eigenvalue weighted by Gasteiger charge is -2.32. The molecule has 0 radical (unpaired) electrons. The number of hydrogen-bond donors (Lipinski definition) is 1. The minimum atomic E-state index is -1.32. The first-order chi connectivity index (χ1) is 6.56. The Kier molecular flexibility index (Phi) is 3.80. The van der Waals surface area contributed by atoms with Crippen molar-refractivity contribution in [1.82, 2.24) is 4.90 Å². The summed E-state index contributed by atoms with van der Waals surface area (Å²) < 4.78 is 5.17. The molecule has 80 valence electrons. The molecule has 1 fully saturated rings. The number of β-amino-alcohol motifs (C(OH)–C–C–N with tert-alkyl or cyclic N) is 1. The summed E-state index contributed by atoms with van der Waals surface area (Å²) in [6.45, 7) is 8.09. The van der Waals surface area contributed by atoms with Crippen LogP contribution in [0.4, 0.5) is 0 Å². The molecule has 0 aliphatic carbocycles. The van der Waals surface area contributed by atoms with Gasteiger partial charge in [0, 0.05) is 19.6 Å². The van der Waals surface area contributed by atoms with Gasteiger partial charge in [-0.15, -0.1) is 0 Å². The second-order valence-electron chi connectivity index (χ2n) is 3.73. The van der Waals surface area contributed by atoms with Crippen molar-refractivity contribution < 1.29 is 14.6 Å². The average molecular weight is 199 g/mol. The second kappa shape index (κ2) is 4.68. The molecule has 1 unspecified atom stereocenters. The van der Waals surface area contributed by atoms with E-state index in [9.17, 15) is 9.90 Å². The summed E-state index contributed by atoms with van der Waals surface area (Å²) in [6.07, 6.45) is 1.17. The van der Waals surface area contributed by atoms with E-state index in [0.717, 1.165) is 13.1 Å². The van der Waals surface area contributed by atoms with Crippen LogP contribution in [-0.2, 0) is 9.53 Å². The summed E-state index contributed by atoms with van der Waals surface area (Å²) >= 11 is 0. The SMILES string of the molecule is C=CC(=O)C(C)(O)CN1CCOCC1. The summed E-state index contributed by atoms with van der Waals surface area (Å²) in [5.41, 5.74) is -1.32. The highest BCUT2D eigenvalue weighted by atomic mass is 16.5. The Labute approximate surface area is 84.2 Å². The summed E-state index contributed by atoms with van der Waals surface area (Å²) in [7, 11) is 0. The molecule has 1 heterocycles. The third-order valence-corrected chi connectivity index (χ3v) is 2.35. The van der Waals surface area contributed by atoms with E-state index in [0.29, 0.717) is 19.8 Å². The van der Waals surface area contributed by atoms with Gasteiger partial charge in [-0.3, -0.25) is 9.69 Å². The summed E-state index contributed by atoms with van der Waals surface area (Å²) in [6, 6.07) is 0. The Balaban J connectivity index is 2.48. The molecule has 1 atom stereocenters. The fourth-order valence-corrected chi connectivity index (χ4v) is 1.49. The Morgan fingerprint density at radius 1 is 1.64 bits per heavy atom. The number of aliphatic hydroxyl groups is 1. The lowest BCUT2D eigenvalue weighted by Crippen LogP contribution is -2.49. The Morgan fingerprint density at radius 2 is 2.21 bits per heavy atom. The molecule has 1 rings (SSSR count). The van der Waals surface area contributed by atoms with Gasteiger partial charge in [0.1, 0.15) is 5.60 Å². The zero-order valence-electron chi connectivity index (χ0n) is 8.53. The largest absolute Gasteiger partial charge is 0.381 e. The van der Waals surface area contributed by atoms with E-state index < -0.39 is 5.60 Å². The molecule has 1 N–H and O–H groups in total. The third kappa shape index (κ3) is 2.90. The van der Waals surface area contributed by atoms with Crippen molar-refractivity contribution in [3.63, 3.8) is 0 Å². The van der Waals surface area contributed by atoms with E-state index in [1.54, 1.807) is 0 Å². The smallest absolute Gasteiger partial charge is 0.187 e. The molecule has 0 bridgehead atoms. The van der Waals surface area contributed by atoms with E-state index in [-0.39, 0.29) is 5.78 Å². The van der Waals surface area contributed by atoms with Gasteiger partial charge in [-0.25, -0.2) is 0 Å². The van der Waals surface area contributed by atoms with Gasteiger partial charge in [0.15, 0.2) is 5.78 Å². The van der Waals surface area contributed by atoms with Crippen LogP contribution in [0.15, 0.2) is 12.7 Å². The van der Waals surface area contributed by atoms with Crippen LogP contribution in [0.1, 0.15) is 6.92 Å². The van der Waals surface area contributed by atoms with Crippen molar-refractivity contribution in [1.29, 1.82) is 0 Å². The number of hydrogen-bond acceptors (Lipinski definition) is 4. The van der Waals surface area contributed by atoms with Crippen molar-refractivity contribution in [3.05, 3.63) is 12.7 Å². The lowest BCUT2D eigenvalue weighted by atomic mass is 10.00. The quantitative estimate of drug-likeness (QED) is 0.638. The van der Waals surface area contributed by atoms with Gasteiger partial charge >= 0.3 is 0 Å². The molecule has 0 spiro atoms. The maximum absolute atomic E-state index is 11.3. The fraction of sp³-hybridized carbons (Fsp3) is 0.700. The van der Waals surface area contributed by atoms with Crippen LogP contribution < -0.4 is 0 Å². The first-order valence-electron chi connectivity index (χ1n) is 4.75. The van der Waals surface area contributed by atoms with Gasteiger partial charge in [0.05, 0.1) is 13.2 Å². The molecule has 4 nitrogen and oxygen atoms in total. The molecule has 0 amide bonds. The van der Waals surface area contributed by atoms with Gasteiger partial charge in [-0.2, -0.15) is 0 Å². The van der Waals surface area contributed by atoms with Crippen LogP contribution in [0.2, 0.25) is 0 Å². The minimum Gasteiger partial charge on any atom is -0.381 e. The number of carbonyl (C=O) groups excluding carboxylic acids is 1. The van der Waals surface area contributed by atoms with Crippen molar-refractivity contribution in [3.8, 4) is 0 Å². The molecule has 0 aromatic heterocycles. The van der Waals surface area contributed by atoms with Crippen molar-refractivity contribution in [2.24, 2.45) is 0 Å². The molecule has 1 aliphatic heterocycles. The monoisotopic (exact) mass is 199 g/mol. The number of nitrogens with zero attached hydrogens (tertiary/aromatic N) is 1. The van der Waals surface area contributed by atoms with Crippen LogP contribution in [0.3, 0.4) is 0 Å². The predicted octanol–water partition coefficient (Wildman–Crippen LogP) is -0.175. The minimum absolute atomic E-state index is 0.330. The van der Waals surface area contributed by atoms with E-state index in [1.165, 1.54) is 13.0 Å². The predicted molar refractivity (Wildman–Crippen MR) is 53.1 cm³/mol. The molecule has 1 aliphatic rings. The maximum atomic E-state index is 11.3. The van der Waals surface area contributed by atoms with Crippen molar-refractivity contribution in [2.75, 3.05) is 32.8 Å². The first-order valence-corrected chi connectivity index (χ1v) is 4.75. The highest BCUT2D eigenvalue weighted by Gasteiger charge is 2.30. The molecular weight excluding hydrogens is 182 g/mol. The molecular formula is C10H17NO3. The molecule has 4 heteroatoms. The summed E-state index contributed by atoms with van der Waals surface area (Å²) in [4.78, 5) is 13.3. The zero-order valence-corrected chi connectivity index (χ0v) is 8.53. The van der Waals surface area contributed by atoms with E-state index in [1.807, 2.05) is 4.90 Å². The van der Waals surface area contributed by atoms with Gasteiger partial charge in [-0.1, -0.05) is 6.58 Å². The van der Waals surface area contributed by atoms with E-state index in [2.05, 4.69) is 6.58 Å². The first kappa shape index (κ1) is 11.4. The lowest BCUT2D eigenvalue weighted by molar-refractivity contribution is -0.133. The zero-order chi connectivity index (χ0) is 10.6. The number of morpholine rings is 1. The third-order valence-electron chi connectivity index (χ3n) is 2.35. The summed E-state index contributed by atoms with van der Waals surface area (Å²) in [5, 5.41) is 9.83. The van der Waals surface area contributed by atoms with Crippen LogP contribution in [0.5, 0.6) is 0 Å². The van der Waals surface area contributed by atoms with Crippen molar-refractivity contribution in [2.45, 2.75) is 12.5 Å². The van der Waals surface area contributed by atoms with Crippen LogP contribution >= 0.6 is 0 Å². The second-order valence-corrected chi connectivity index (χ2v) is 3.73. The Morgan fingerprint density at radius 3 is 2.71 bits per heavy atom. The maximum Gasteiger partial charge on any atom is 0.187 e. The molecule has 0 saturated carbocycles. The molecule has 14 heavy (non-hydrogen) atoms. The Hall–Kier alpha value is -0.710. The van der Waals surface area contributed by atoms with Gasteiger partial charge in [-0.05, 0) is 13.0 Å². The number of ether oxygens (including phenoxy) is 1. The highest BCUT2D eigenvalue weighted by molar-refractivity contribution is 5.96. The normalized spacial score (nSPS) is 22.7. The van der Waals surface area contributed by atoms with Crippen molar-refractivity contribution >= 4 is 5.78 Å². The van der Waals surface area contributed by atoms with E-state index >= 15 is 0 Å². The standard InChI is InChI=1S/C10H17NO3/c1-3-9(12)10(2,13)8-11-4-6-14-7-5-11/h3,13H,1,4-8H2,2H3. The fourth-order valence-electron chi connectivity index (χ4n) is 1.49.